The van der Waals surface area contributed by atoms with E-state index in [0.717, 1.165) is 38.5 Å². The molecule has 0 aromatic heterocycles. The standard InChI is InChI=1S/C27H35N3O6S/c1-3-4-18-30(23-15-9-6-10-16-23)37(34,35)24-17-11-12-21(19-24)26(32)36-20(2)25(31)29-27(33)28-22-13-7-5-8-14-22/h6,9-12,15-17,19-20,22H,3-5,7-8,13-14,18H2,1-2H3,(H2,28,29,31,33)/t20-/m0/s1. The summed E-state index contributed by atoms with van der Waals surface area (Å²) in [6, 6.07) is 13.7. The molecule has 1 aliphatic rings. The van der Waals surface area contributed by atoms with Gasteiger partial charge in [-0.3, -0.25) is 14.4 Å². The lowest BCUT2D eigenvalue weighted by molar-refractivity contribution is -0.127. The molecule has 0 heterocycles. The highest BCUT2D eigenvalue weighted by molar-refractivity contribution is 7.92. The number of benzene rings is 2. The van der Waals surface area contributed by atoms with Gasteiger partial charge in [0.15, 0.2) is 6.10 Å². The van der Waals surface area contributed by atoms with E-state index in [0.29, 0.717) is 12.1 Å². The molecule has 3 amide bonds. The quantitative estimate of drug-likeness (QED) is 0.441. The van der Waals surface area contributed by atoms with Gasteiger partial charge in [-0.1, -0.05) is 56.9 Å². The second-order valence-corrected chi connectivity index (χ2v) is 11.0. The Balaban J connectivity index is 1.67. The highest BCUT2D eigenvalue weighted by Crippen LogP contribution is 2.25. The van der Waals surface area contributed by atoms with E-state index in [1.165, 1.54) is 35.5 Å². The second kappa shape index (κ2) is 13.2. The van der Waals surface area contributed by atoms with Crippen molar-refractivity contribution < 1.29 is 27.5 Å². The number of para-hydroxylation sites is 1. The Bertz CT molecular complexity index is 1180. The number of unbranched alkanes of at least 4 members (excludes halogenated alkanes) is 1. The third-order valence-corrected chi connectivity index (χ3v) is 8.07. The van der Waals surface area contributed by atoms with Crippen LogP contribution in [0.3, 0.4) is 0 Å². The van der Waals surface area contributed by atoms with E-state index in [1.54, 1.807) is 24.3 Å². The maximum atomic E-state index is 13.5. The van der Waals surface area contributed by atoms with Crippen molar-refractivity contribution in [2.45, 2.75) is 75.8 Å². The lowest BCUT2D eigenvalue weighted by Crippen LogP contribution is -2.48. The Hall–Kier alpha value is -3.40. The van der Waals surface area contributed by atoms with Gasteiger partial charge in [-0.05, 0) is 56.5 Å². The van der Waals surface area contributed by atoms with Gasteiger partial charge in [-0.25, -0.2) is 18.0 Å². The number of esters is 1. The highest BCUT2D eigenvalue weighted by atomic mass is 32.2. The molecular weight excluding hydrogens is 494 g/mol. The van der Waals surface area contributed by atoms with E-state index in [1.807, 2.05) is 13.0 Å². The first-order chi connectivity index (χ1) is 17.7. The van der Waals surface area contributed by atoms with Crippen LogP contribution in [0.2, 0.25) is 0 Å². The molecule has 1 fully saturated rings. The predicted octanol–water partition coefficient (Wildman–Crippen LogP) is 4.39. The number of imide groups is 1. The summed E-state index contributed by atoms with van der Waals surface area (Å²) in [5.41, 5.74) is 0.511. The molecule has 200 valence electrons. The number of nitrogens with one attached hydrogen (secondary N) is 2. The fourth-order valence-electron chi connectivity index (χ4n) is 4.16. The van der Waals surface area contributed by atoms with Gasteiger partial charge >= 0.3 is 12.0 Å². The first-order valence-corrected chi connectivity index (χ1v) is 14.2. The molecule has 0 bridgehead atoms. The number of anilines is 1. The third kappa shape index (κ3) is 7.79. The molecule has 1 saturated carbocycles. The Labute approximate surface area is 218 Å². The monoisotopic (exact) mass is 529 g/mol. The molecule has 1 aliphatic carbocycles. The van der Waals surface area contributed by atoms with E-state index < -0.39 is 34.0 Å². The van der Waals surface area contributed by atoms with E-state index >= 15 is 0 Å². The molecule has 37 heavy (non-hydrogen) atoms. The number of hydrogen-bond acceptors (Lipinski definition) is 6. The number of carbonyl (C=O) groups is 3. The largest absolute Gasteiger partial charge is 0.449 e. The van der Waals surface area contributed by atoms with Gasteiger partial charge in [0.1, 0.15) is 0 Å². The second-order valence-electron chi connectivity index (χ2n) is 9.14. The Kier molecular flexibility index (Phi) is 10.1. The SMILES string of the molecule is CCCCN(c1ccccc1)S(=O)(=O)c1cccc(C(=O)O[C@@H](C)C(=O)NC(=O)NC2CCCCC2)c1. The van der Waals surface area contributed by atoms with Crippen LogP contribution in [-0.4, -0.2) is 45.0 Å². The van der Waals surface area contributed by atoms with Crippen molar-refractivity contribution in [1.82, 2.24) is 10.6 Å². The number of rotatable bonds is 10. The maximum absolute atomic E-state index is 13.5. The van der Waals surface area contributed by atoms with Gasteiger partial charge in [-0.2, -0.15) is 0 Å². The lowest BCUT2D eigenvalue weighted by atomic mass is 9.96. The molecule has 0 radical (unpaired) electrons. The normalized spacial score (nSPS) is 14.9. The zero-order valence-electron chi connectivity index (χ0n) is 21.3. The Morgan fingerprint density at radius 1 is 1.03 bits per heavy atom. The Morgan fingerprint density at radius 3 is 2.41 bits per heavy atom. The predicted molar refractivity (Wildman–Crippen MR) is 141 cm³/mol. The summed E-state index contributed by atoms with van der Waals surface area (Å²) in [6.45, 7) is 3.62. The summed E-state index contributed by atoms with van der Waals surface area (Å²) in [7, 11) is -3.96. The zero-order chi connectivity index (χ0) is 26.8. The topological polar surface area (TPSA) is 122 Å². The molecule has 0 spiro atoms. The van der Waals surface area contributed by atoms with Gasteiger partial charge in [0.2, 0.25) is 0 Å². The van der Waals surface area contributed by atoms with Crippen LogP contribution in [0.15, 0.2) is 59.5 Å². The molecule has 0 aliphatic heterocycles. The first kappa shape index (κ1) is 28.2. The van der Waals surface area contributed by atoms with Gasteiger partial charge < -0.3 is 10.1 Å². The van der Waals surface area contributed by atoms with Gasteiger partial charge in [-0.15, -0.1) is 0 Å². The van der Waals surface area contributed by atoms with Gasteiger partial charge in [0.25, 0.3) is 15.9 Å². The third-order valence-electron chi connectivity index (χ3n) is 6.25. The first-order valence-electron chi connectivity index (χ1n) is 12.7. The van der Waals surface area contributed by atoms with Crippen molar-refractivity contribution in [3.05, 3.63) is 60.2 Å². The van der Waals surface area contributed by atoms with Crippen LogP contribution in [0, 0.1) is 0 Å². The number of hydrogen-bond donors (Lipinski definition) is 2. The van der Waals surface area contributed by atoms with Crippen molar-refractivity contribution in [2.75, 3.05) is 10.8 Å². The van der Waals surface area contributed by atoms with Crippen molar-refractivity contribution >= 4 is 33.6 Å². The molecule has 2 aromatic carbocycles. The zero-order valence-corrected chi connectivity index (χ0v) is 22.1. The number of nitrogens with zero attached hydrogens (tertiary/aromatic N) is 1. The summed E-state index contributed by atoms with van der Waals surface area (Å²) in [5.74, 6) is -1.63. The number of carbonyl (C=O) groups excluding carboxylic acids is 3. The van der Waals surface area contributed by atoms with E-state index in [2.05, 4.69) is 10.6 Å². The van der Waals surface area contributed by atoms with E-state index in [9.17, 15) is 22.8 Å². The molecule has 0 unspecified atom stereocenters. The molecule has 9 nitrogen and oxygen atoms in total. The van der Waals surface area contributed by atoms with Crippen LogP contribution in [0.1, 0.15) is 69.2 Å². The number of urea groups is 1. The number of ether oxygens (including phenoxy) is 1. The summed E-state index contributed by atoms with van der Waals surface area (Å²) in [4.78, 5) is 37.2. The van der Waals surface area contributed by atoms with Crippen molar-refractivity contribution in [3.63, 3.8) is 0 Å². The average Bonchev–Trinajstić information content (AvgIpc) is 2.90. The molecular formula is C27H35N3O6S. The van der Waals surface area contributed by atoms with Gasteiger partial charge in [0, 0.05) is 12.6 Å². The average molecular weight is 530 g/mol. The molecule has 2 aromatic rings. The van der Waals surface area contributed by atoms with Crippen LogP contribution in [0.4, 0.5) is 10.5 Å². The summed E-state index contributed by atoms with van der Waals surface area (Å²) >= 11 is 0. The smallest absolute Gasteiger partial charge is 0.338 e. The fourth-order valence-corrected chi connectivity index (χ4v) is 5.71. The molecule has 3 rings (SSSR count). The number of sulfonamides is 1. The Morgan fingerprint density at radius 2 is 1.73 bits per heavy atom. The van der Waals surface area contributed by atoms with Crippen molar-refractivity contribution in [3.8, 4) is 0 Å². The molecule has 2 N–H and O–H groups in total. The molecule has 1 atom stereocenters. The lowest BCUT2D eigenvalue weighted by Gasteiger charge is -2.24. The van der Waals surface area contributed by atoms with Crippen LogP contribution in [0.25, 0.3) is 0 Å². The minimum absolute atomic E-state index is 0.0177. The fraction of sp³-hybridized carbons (Fsp3) is 0.444. The summed E-state index contributed by atoms with van der Waals surface area (Å²) in [6.07, 6.45) is 5.15. The van der Waals surface area contributed by atoms with Gasteiger partial charge in [0.05, 0.1) is 16.1 Å². The number of amides is 3. The van der Waals surface area contributed by atoms with Crippen LogP contribution >= 0.6 is 0 Å². The van der Waals surface area contributed by atoms with Crippen LogP contribution in [0.5, 0.6) is 0 Å². The maximum Gasteiger partial charge on any atom is 0.338 e. The van der Waals surface area contributed by atoms with E-state index in [4.69, 9.17) is 4.74 Å². The van der Waals surface area contributed by atoms with Crippen LogP contribution in [-0.2, 0) is 19.6 Å². The summed E-state index contributed by atoms with van der Waals surface area (Å²) < 4.78 is 33.5. The van der Waals surface area contributed by atoms with Crippen LogP contribution < -0.4 is 14.9 Å². The highest BCUT2D eigenvalue weighted by Gasteiger charge is 2.27. The molecule has 0 saturated heterocycles. The summed E-state index contributed by atoms with van der Waals surface area (Å²) in [5, 5.41) is 4.97. The van der Waals surface area contributed by atoms with E-state index in [-0.39, 0.29) is 23.0 Å². The minimum Gasteiger partial charge on any atom is -0.449 e. The van der Waals surface area contributed by atoms with Crippen molar-refractivity contribution in [2.24, 2.45) is 0 Å². The molecule has 10 heteroatoms. The minimum atomic E-state index is -3.96. The van der Waals surface area contributed by atoms with Crippen molar-refractivity contribution in [1.29, 1.82) is 0 Å².